The molecule has 0 N–H and O–H groups in total. The van der Waals surface area contributed by atoms with E-state index in [-0.39, 0.29) is 0 Å². The number of methoxy groups -OCH3 is 1. The van der Waals surface area contributed by atoms with Gasteiger partial charge in [0.2, 0.25) is 5.90 Å². The second kappa shape index (κ2) is 7.20. The van der Waals surface area contributed by atoms with E-state index in [1.807, 2.05) is 75.4 Å². The first-order valence-electron chi connectivity index (χ1n) is 8.54. The Hall–Kier alpha value is -2.82. The maximum atomic E-state index is 12.7. The van der Waals surface area contributed by atoms with E-state index < -0.39 is 23.7 Å². The molecule has 0 amide bonds. The number of aliphatic imine (C=N–C) groups is 1. The summed E-state index contributed by atoms with van der Waals surface area (Å²) in [6.45, 7) is 5.51. The first-order chi connectivity index (χ1) is 12.4. The predicted octanol–water partition coefficient (Wildman–Crippen LogP) is 3.92. The number of hydrogen-bond acceptors (Lipinski definition) is 5. The van der Waals surface area contributed by atoms with Crippen LogP contribution in [0.3, 0.4) is 0 Å². The minimum Gasteiger partial charge on any atom is -0.497 e. The number of esters is 1. The molecule has 0 aliphatic carbocycles. The van der Waals surface area contributed by atoms with Crippen LogP contribution in [-0.2, 0) is 14.3 Å². The molecular weight excluding hydrogens is 330 g/mol. The van der Waals surface area contributed by atoms with Crippen molar-refractivity contribution in [3.05, 3.63) is 65.7 Å². The average Bonchev–Trinajstić information content (AvgIpc) is 3.07. The van der Waals surface area contributed by atoms with Gasteiger partial charge in [0, 0.05) is 5.56 Å². The molecule has 1 aliphatic rings. The van der Waals surface area contributed by atoms with Gasteiger partial charge in [0.15, 0.2) is 12.1 Å². The van der Waals surface area contributed by atoms with Gasteiger partial charge in [-0.3, -0.25) is 0 Å². The third-order valence-corrected chi connectivity index (χ3v) is 3.90. The fourth-order valence-corrected chi connectivity index (χ4v) is 2.71. The Balaban J connectivity index is 1.92. The smallest absolute Gasteiger partial charge is 0.335 e. The van der Waals surface area contributed by atoms with E-state index in [1.165, 1.54) is 0 Å². The van der Waals surface area contributed by atoms with Crippen LogP contribution in [0.25, 0.3) is 0 Å². The maximum Gasteiger partial charge on any atom is 0.335 e. The van der Waals surface area contributed by atoms with E-state index in [4.69, 9.17) is 14.2 Å². The van der Waals surface area contributed by atoms with Crippen molar-refractivity contribution >= 4 is 11.9 Å². The zero-order valence-corrected chi connectivity index (χ0v) is 15.4. The van der Waals surface area contributed by atoms with Crippen LogP contribution in [0.5, 0.6) is 5.75 Å². The van der Waals surface area contributed by atoms with E-state index in [0.717, 1.165) is 16.9 Å². The Morgan fingerprint density at radius 1 is 1.04 bits per heavy atom. The Labute approximate surface area is 153 Å². The van der Waals surface area contributed by atoms with E-state index in [2.05, 4.69) is 4.99 Å². The lowest BCUT2D eigenvalue weighted by atomic mass is 10.0. The zero-order valence-electron chi connectivity index (χ0n) is 15.4. The van der Waals surface area contributed by atoms with Gasteiger partial charge in [-0.1, -0.05) is 30.3 Å². The molecular formula is C21H23NO4. The van der Waals surface area contributed by atoms with Gasteiger partial charge in [-0.25, -0.2) is 9.79 Å². The van der Waals surface area contributed by atoms with Crippen molar-refractivity contribution in [2.75, 3.05) is 7.11 Å². The maximum absolute atomic E-state index is 12.7. The van der Waals surface area contributed by atoms with E-state index >= 15 is 0 Å². The number of ether oxygens (including phenoxy) is 3. The minimum atomic E-state index is -0.752. The Morgan fingerprint density at radius 3 is 2.27 bits per heavy atom. The van der Waals surface area contributed by atoms with Crippen LogP contribution in [0.4, 0.5) is 0 Å². The monoisotopic (exact) mass is 353 g/mol. The fourth-order valence-electron chi connectivity index (χ4n) is 2.71. The highest BCUT2D eigenvalue weighted by Gasteiger charge is 2.40. The Morgan fingerprint density at radius 2 is 1.69 bits per heavy atom. The quantitative estimate of drug-likeness (QED) is 0.782. The summed E-state index contributed by atoms with van der Waals surface area (Å²) in [5.74, 6) is 0.788. The molecule has 1 heterocycles. The van der Waals surface area contributed by atoms with Gasteiger partial charge in [0.05, 0.1) is 7.11 Å². The number of rotatable bonds is 4. The van der Waals surface area contributed by atoms with Crippen molar-refractivity contribution in [3.63, 3.8) is 0 Å². The summed E-state index contributed by atoms with van der Waals surface area (Å²) in [6.07, 6.45) is -0.536. The molecule has 0 radical (unpaired) electrons. The molecule has 0 aromatic heterocycles. The summed E-state index contributed by atoms with van der Waals surface area (Å²) in [6, 6.07) is 16.2. The molecule has 2 aromatic rings. The number of benzene rings is 2. The number of carbonyl (C=O) groups is 1. The summed E-state index contributed by atoms with van der Waals surface area (Å²) in [5, 5.41) is 0. The van der Waals surface area contributed by atoms with Crippen LogP contribution in [0.15, 0.2) is 59.6 Å². The Bertz CT molecular complexity index is 791. The first kappa shape index (κ1) is 18.0. The van der Waals surface area contributed by atoms with Crippen LogP contribution in [0.1, 0.15) is 38.0 Å². The molecule has 0 fully saturated rings. The van der Waals surface area contributed by atoms with Crippen molar-refractivity contribution < 1.29 is 19.0 Å². The van der Waals surface area contributed by atoms with Crippen molar-refractivity contribution in [2.45, 2.75) is 38.5 Å². The second-order valence-corrected chi connectivity index (χ2v) is 7.09. The molecule has 2 atom stereocenters. The minimum absolute atomic E-state index is 0.399. The van der Waals surface area contributed by atoms with Gasteiger partial charge in [-0.15, -0.1) is 0 Å². The average molecular weight is 353 g/mol. The van der Waals surface area contributed by atoms with Crippen LogP contribution < -0.4 is 4.74 Å². The number of carbonyl (C=O) groups excluding carboxylic acids is 1. The van der Waals surface area contributed by atoms with Gasteiger partial charge in [0.25, 0.3) is 0 Å². The zero-order chi connectivity index (χ0) is 18.7. The summed E-state index contributed by atoms with van der Waals surface area (Å²) in [5.41, 5.74) is 1.08. The van der Waals surface area contributed by atoms with Gasteiger partial charge < -0.3 is 14.2 Å². The third-order valence-electron chi connectivity index (χ3n) is 3.90. The lowest BCUT2D eigenvalue weighted by Gasteiger charge is -2.23. The van der Waals surface area contributed by atoms with Gasteiger partial charge in [-0.05, 0) is 50.6 Å². The summed E-state index contributed by atoms with van der Waals surface area (Å²) in [7, 11) is 1.61. The summed E-state index contributed by atoms with van der Waals surface area (Å²) < 4.78 is 16.8. The molecule has 5 heteroatoms. The van der Waals surface area contributed by atoms with Crippen molar-refractivity contribution in [1.82, 2.24) is 0 Å². The van der Waals surface area contributed by atoms with Crippen molar-refractivity contribution in [3.8, 4) is 5.75 Å². The largest absolute Gasteiger partial charge is 0.497 e. The fraction of sp³-hybridized carbons (Fsp3) is 0.333. The van der Waals surface area contributed by atoms with Crippen molar-refractivity contribution in [1.29, 1.82) is 0 Å². The lowest BCUT2D eigenvalue weighted by molar-refractivity contribution is -0.158. The summed E-state index contributed by atoms with van der Waals surface area (Å²) in [4.78, 5) is 17.2. The van der Waals surface area contributed by atoms with Crippen LogP contribution in [0, 0.1) is 0 Å². The normalized spacial score (nSPS) is 19.5. The predicted molar refractivity (Wildman–Crippen MR) is 99.4 cm³/mol. The van der Waals surface area contributed by atoms with E-state index in [9.17, 15) is 4.79 Å². The van der Waals surface area contributed by atoms with Gasteiger partial charge in [0.1, 0.15) is 11.4 Å². The first-order valence-corrected chi connectivity index (χ1v) is 8.54. The van der Waals surface area contributed by atoms with E-state index in [0.29, 0.717) is 5.90 Å². The lowest BCUT2D eigenvalue weighted by Crippen LogP contribution is -2.33. The second-order valence-electron chi connectivity index (χ2n) is 7.09. The molecule has 0 bridgehead atoms. The SMILES string of the molecule is COc1ccc([C@@H]2OC(c3ccccc3)=N[C@H]2C(=O)OC(C)(C)C)cc1. The van der Waals surface area contributed by atoms with Crippen molar-refractivity contribution in [2.24, 2.45) is 4.99 Å². The van der Waals surface area contributed by atoms with Crippen LogP contribution >= 0.6 is 0 Å². The Kier molecular flexibility index (Phi) is 4.98. The van der Waals surface area contributed by atoms with Gasteiger partial charge >= 0.3 is 5.97 Å². The molecule has 2 aromatic carbocycles. The van der Waals surface area contributed by atoms with E-state index in [1.54, 1.807) is 7.11 Å². The van der Waals surface area contributed by atoms with Gasteiger partial charge in [-0.2, -0.15) is 0 Å². The third kappa shape index (κ3) is 4.04. The molecule has 136 valence electrons. The number of hydrogen-bond donors (Lipinski definition) is 0. The topological polar surface area (TPSA) is 57.1 Å². The molecule has 3 rings (SSSR count). The molecule has 1 aliphatic heterocycles. The molecule has 0 saturated carbocycles. The highest BCUT2D eigenvalue weighted by atomic mass is 16.6. The molecule has 0 spiro atoms. The molecule has 26 heavy (non-hydrogen) atoms. The highest BCUT2D eigenvalue weighted by molar-refractivity contribution is 5.98. The molecule has 0 unspecified atom stereocenters. The highest BCUT2D eigenvalue weighted by Crippen LogP contribution is 2.33. The summed E-state index contributed by atoms with van der Waals surface area (Å²) >= 11 is 0. The molecule has 5 nitrogen and oxygen atoms in total. The standard InChI is InChI=1S/C21H23NO4/c1-21(2,3)26-20(23)17-18(14-10-12-16(24-4)13-11-14)25-19(22-17)15-8-6-5-7-9-15/h5-13,17-18H,1-4H3/t17-,18+/m1/s1. The van der Waals surface area contributed by atoms with Crippen LogP contribution in [-0.4, -0.2) is 30.6 Å². The van der Waals surface area contributed by atoms with Crippen LogP contribution in [0.2, 0.25) is 0 Å². The number of nitrogens with zero attached hydrogens (tertiary/aromatic N) is 1. The molecule has 0 saturated heterocycles.